The topological polar surface area (TPSA) is 44.8 Å². The molecule has 1 amide bonds. The average molecular weight is 388 g/mol. The monoisotopic (exact) mass is 387 g/mol. The molecule has 1 aliphatic rings. The first-order valence-electron chi connectivity index (χ1n) is 9.17. The van der Waals surface area contributed by atoms with Gasteiger partial charge >= 0.3 is 0 Å². The van der Waals surface area contributed by atoms with Gasteiger partial charge in [0, 0.05) is 43.3 Å². The van der Waals surface area contributed by atoms with Gasteiger partial charge in [-0.25, -0.2) is 0 Å². The number of halogens is 1. The Bertz CT molecular complexity index is 741. The third-order valence-electron chi connectivity index (χ3n) is 5.04. The summed E-state index contributed by atoms with van der Waals surface area (Å²) in [4.78, 5) is 17.3. The number of carbonyl (C=O) groups is 1. The van der Waals surface area contributed by atoms with Crippen LogP contribution in [0.25, 0.3) is 0 Å². The summed E-state index contributed by atoms with van der Waals surface area (Å²) in [5.74, 6) is 0.661. The van der Waals surface area contributed by atoms with Crippen LogP contribution in [0.3, 0.4) is 0 Å². The van der Waals surface area contributed by atoms with Crippen molar-refractivity contribution in [3.05, 3.63) is 64.7 Å². The largest absolute Gasteiger partial charge is 0.497 e. The van der Waals surface area contributed by atoms with Crippen molar-refractivity contribution in [2.45, 2.75) is 6.04 Å². The molecule has 1 saturated heterocycles. The number of amides is 1. The molecule has 1 atom stereocenters. The van der Waals surface area contributed by atoms with Crippen LogP contribution in [0, 0.1) is 0 Å². The Balaban J connectivity index is 1.70. The van der Waals surface area contributed by atoms with Gasteiger partial charge in [-0.3, -0.25) is 9.69 Å². The molecule has 6 heteroatoms. The zero-order valence-electron chi connectivity index (χ0n) is 15.8. The van der Waals surface area contributed by atoms with E-state index in [-0.39, 0.29) is 11.9 Å². The Morgan fingerprint density at radius 2 is 1.70 bits per heavy atom. The minimum atomic E-state index is -0.0780. The Morgan fingerprint density at radius 3 is 2.30 bits per heavy atom. The van der Waals surface area contributed by atoms with E-state index in [1.54, 1.807) is 31.4 Å². The van der Waals surface area contributed by atoms with Crippen LogP contribution in [-0.4, -0.2) is 62.6 Å². The van der Waals surface area contributed by atoms with E-state index < -0.39 is 0 Å². The zero-order valence-corrected chi connectivity index (χ0v) is 16.6. The zero-order chi connectivity index (χ0) is 19.2. The van der Waals surface area contributed by atoms with E-state index in [0.717, 1.165) is 37.0 Å². The number of ether oxygens (including phenoxy) is 1. The van der Waals surface area contributed by atoms with Crippen molar-refractivity contribution in [1.29, 1.82) is 0 Å². The van der Waals surface area contributed by atoms with Crippen molar-refractivity contribution in [3.63, 3.8) is 0 Å². The van der Waals surface area contributed by atoms with Crippen molar-refractivity contribution < 1.29 is 9.53 Å². The number of methoxy groups -OCH3 is 1. The molecule has 5 nitrogen and oxygen atoms in total. The average Bonchev–Trinajstić information content (AvgIpc) is 2.70. The lowest BCUT2D eigenvalue weighted by atomic mass is 10.0. The molecule has 0 bridgehead atoms. The lowest BCUT2D eigenvalue weighted by Gasteiger charge is -2.38. The fraction of sp³-hybridized carbons (Fsp3) is 0.381. The van der Waals surface area contributed by atoms with E-state index >= 15 is 0 Å². The maximum absolute atomic E-state index is 12.6. The summed E-state index contributed by atoms with van der Waals surface area (Å²) >= 11 is 6.05. The quantitative estimate of drug-likeness (QED) is 0.827. The molecule has 3 rings (SSSR count). The number of rotatable bonds is 6. The molecule has 0 saturated carbocycles. The van der Waals surface area contributed by atoms with Gasteiger partial charge in [-0.05, 0) is 49.0 Å². The summed E-state index contributed by atoms with van der Waals surface area (Å²) in [6.07, 6.45) is 0. The van der Waals surface area contributed by atoms with Gasteiger partial charge in [0.2, 0.25) is 0 Å². The van der Waals surface area contributed by atoms with Gasteiger partial charge in [-0.2, -0.15) is 0 Å². The van der Waals surface area contributed by atoms with Gasteiger partial charge in [-0.1, -0.05) is 23.7 Å². The molecular weight excluding hydrogens is 362 g/mol. The predicted molar refractivity (Wildman–Crippen MR) is 109 cm³/mol. The SMILES string of the molecule is COc1ccc(C(=O)NC[C@H](c2ccc(Cl)cc2)N2CCN(C)CC2)cc1. The first-order valence-corrected chi connectivity index (χ1v) is 9.55. The molecule has 27 heavy (non-hydrogen) atoms. The highest BCUT2D eigenvalue weighted by molar-refractivity contribution is 6.30. The number of nitrogens with one attached hydrogen (secondary N) is 1. The number of carbonyl (C=O) groups excluding carboxylic acids is 1. The Hall–Kier alpha value is -2.08. The summed E-state index contributed by atoms with van der Waals surface area (Å²) in [5, 5.41) is 3.81. The summed E-state index contributed by atoms with van der Waals surface area (Å²) in [6, 6.07) is 15.2. The van der Waals surface area contributed by atoms with Crippen molar-refractivity contribution in [1.82, 2.24) is 15.1 Å². The van der Waals surface area contributed by atoms with E-state index in [1.165, 1.54) is 5.56 Å². The molecule has 0 spiro atoms. The number of likely N-dealkylation sites (N-methyl/N-ethyl adjacent to an activating group) is 1. The number of hydrogen-bond acceptors (Lipinski definition) is 4. The molecule has 144 valence electrons. The number of nitrogens with zero attached hydrogens (tertiary/aromatic N) is 2. The van der Waals surface area contributed by atoms with Gasteiger partial charge in [0.1, 0.15) is 5.75 Å². The Morgan fingerprint density at radius 1 is 1.07 bits per heavy atom. The first-order chi connectivity index (χ1) is 13.1. The predicted octanol–water partition coefficient (Wildman–Crippen LogP) is 3.07. The fourth-order valence-corrected chi connectivity index (χ4v) is 3.44. The van der Waals surface area contributed by atoms with E-state index in [4.69, 9.17) is 16.3 Å². The maximum Gasteiger partial charge on any atom is 0.251 e. The summed E-state index contributed by atoms with van der Waals surface area (Å²) in [5.41, 5.74) is 1.79. The van der Waals surface area contributed by atoms with Crippen molar-refractivity contribution >= 4 is 17.5 Å². The lowest BCUT2D eigenvalue weighted by Crippen LogP contribution is -2.48. The molecule has 1 aliphatic heterocycles. The minimum Gasteiger partial charge on any atom is -0.497 e. The first kappa shape index (κ1) is 19.7. The maximum atomic E-state index is 12.6. The molecule has 0 aliphatic carbocycles. The van der Waals surface area contributed by atoms with Crippen LogP contribution < -0.4 is 10.1 Å². The number of benzene rings is 2. The van der Waals surface area contributed by atoms with E-state index in [9.17, 15) is 4.79 Å². The molecule has 1 N–H and O–H groups in total. The van der Waals surface area contributed by atoms with Crippen LogP contribution in [0.2, 0.25) is 5.02 Å². The molecule has 0 aromatic heterocycles. The summed E-state index contributed by atoms with van der Waals surface area (Å²) < 4.78 is 5.15. The van der Waals surface area contributed by atoms with Crippen LogP contribution in [0.5, 0.6) is 5.75 Å². The van der Waals surface area contributed by atoms with E-state index in [0.29, 0.717) is 12.1 Å². The third-order valence-corrected chi connectivity index (χ3v) is 5.29. The van der Waals surface area contributed by atoms with Crippen LogP contribution in [0.4, 0.5) is 0 Å². The number of hydrogen-bond donors (Lipinski definition) is 1. The molecule has 0 unspecified atom stereocenters. The van der Waals surface area contributed by atoms with Crippen LogP contribution in [0.1, 0.15) is 22.0 Å². The Labute approximate surface area is 165 Å². The number of piperazine rings is 1. The lowest BCUT2D eigenvalue weighted by molar-refractivity contribution is 0.0886. The molecular formula is C21H26ClN3O2. The van der Waals surface area contributed by atoms with Crippen molar-refractivity contribution in [3.8, 4) is 5.75 Å². The minimum absolute atomic E-state index is 0.0780. The molecule has 1 heterocycles. The molecule has 2 aromatic carbocycles. The van der Waals surface area contributed by atoms with Crippen molar-refractivity contribution in [2.75, 3.05) is 46.9 Å². The second-order valence-corrected chi connectivity index (χ2v) is 7.28. The fourth-order valence-electron chi connectivity index (χ4n) is 3.31. The highest BCUT2D eigenvalue weighted by atomic mass is 35.5. The highest BCUT2D eigenvalue weighted by Gasteiger charge is 2.24. The van der Waals surface area contributed by atoms with Gasteiger partial charge in [0.05, 0.1) is 13.2 Å². The van der Waals surface area contributed by atoms with Crippen molar-refractivity contribution in [2.24, 2.45) is 0 Å². The molecule has 1 fully saturated rings. The van der Waals surface area contributed by atoms with Gasteiger partial charge in [0.15, 0.2) is 0 Å². The Kier molecular flexibility index (Phi) is 6.72. The second-order valence-electron chi connectivity index (χ2n) is 6.85. The summed E-state index contributed by atoms with van der Waals surface area (Å²) in [6.45, 7) is 4.55. The highest BCUT2D eigenvalue weighted by Crippen LogP contribution is 2.23. The summed E-state index contributed by atoms with van der Waals surface area (Å²) in [7, 11) is 3.75. The van der Waals surface area contributed by atoms with Gasteiger partial charge in [0.25, 0.3) is 5.91 Å². The van der Waals surface area contributed by atoms with Crippen LogP contribution in [0.15, 0.2) is 48.5 Å². The smallest absolute Gasteiger partial charge is 0.251 e. The van der Waals surface area contributed by atoms with Crippen LogP contribution >= 0.6 is 11.6 Å². The molecule has 2 aromatic rings. The standard InChI is InChI=1S/C21H26ClN3O2/c1-24-11-13-25(14-12-24)20(16-3-7-18(22)8-4-16)15-23-21(26)17-5-9-19(27-2)10-6-17/h3-10,20H,11-15H2,1-2H3,(H,23,26)/t20-/m1/s1. The van der Waals surface area contributed by atoms with E-state index in [1.807, 2.05) is 24.3 Å². The normalized spacial score (nSPS) is 16.7. The van der Waals surface area contributed by atoms with Crippen LogP contribution in [-0.2, 0) is 0 Å². The third kappa shape index (κ3) is 5.22. The second kappa shape index (κ2) is 9.22. The van der Waals surface area contributed by atoms with E-state index in [2.05, 4.69) is 22.2 Å². The van der Waals surface area contributed by atoms with Gasteiger partial charge in [-0.15, -0.1) is 0 Å². The molecule has 0 radical (unpaired) electrons. The van der Waals surface area contributed by atoms with Gasteiger partial charge < -0.3 is 15.0 Å².